The van der Waals surface area contributed by atoms with Crippen LogP contribution in [0.5, 0.6) is 0 Å². The molecular formula is C10H18O3. The molecule has 0 saturated heterocycles. The monoisotopic (exact) mass is 186 g/mol. The molecule has 0 aliphatic heterocycles. The Morgan fingerprint density at radius 1 is 1.08 bits per heavy atom. The topological polar surface area (TPSA) is 57.5 Å². The first-order valence-corrected chi connectivity index (χ1v) is 4.75. The van der Waals surface area contributed by atoms with Gasteiger partial charge in [-0.2, -0.15) is 0 Å². The number of hydrogen-bond acceptors (Lipinski definition) is 2. The third-order valence-electron chi connectivity index (χ3n) is 1.72. The van der Waals surface area contributed by atoms with Crippen LogP contribution in [0, 0.1) is 0 Å². The highest BCUT2D eigenvalue weighted by Gasteiger charge is 1.91. The standard InChI is InChI=1S/C10H18O3/c11-9-7-5-3-1-2-4-6-8-10(12)13/h2,4,11H,1,3,5-9H2,(H,12,13)/b4-2-. The first-order valence-electron chi connectivity index (χ1n) is 4.75. The van der Waals surface area contributed by atoms with E-state index in [4.69, 9.17) is 10.2 Å². The van der Waals surface area contributed by atoms with Crippen molar-refractivity contribution in [2.45, 2.75) is 38.5 Å². The van der Waals surface area contributed by atoms with Crippen LogP contribution in [0.1, 0.15) is 38.5 Å². The highest BCUT2D eigenvalue weighted by atomic mass is 16.4. The summed E-state index contributed by atoms with van der Waals surface area (Å²) in [5.74, 6) is -0.745. The van der Waals surface area contributed by atoms with E-state index in [1.807, 2.05) is 12.2 Å². The Bertz CT molecular complexity index is 152. The van der Waals surface area contributed by atoms with Crippen LogP contribution in [-0.4, -0.2) is 22.8 Å². The lowest BCUT2D eigenvalue weighted by Crippen LogP contribution is -1.91. The van der Waals surface area contributed by atoms with Crippen molar-refractivity contribution in [1.29, 1.82) is 0 Å². The second-order valence-corrected chi connectivity index (χ2v) is 2.98. The van der Waals surface area contributed by atoms with Crippen molar-refractivity contribution in [2.24, 2.45) is 0 Å². The first kappa shape index (κ1) is 12.2. The predicted octanol–water partition coefficient (Wildman–Crippen LogP) is 1.96. The Labute approximate surface area is 79.1 Å². The van der Waals surface area contributed by atoms with Gasteiger partial charge in [-0.05, 0) is 25.7 Å². The van der Waals surface area contributed by atoms with Gasteiger partial charge in [-0.25, -0.2) is 0 Å². The molecule has 0 aromatic carbocycles. The lowest BCUT2D eigenvalue weighted by Gasteiger charge is -1.93. The Morgan fingerprint density at radius 3 is 2.38 bits per heavy atom. The third kappa shape index (κ3) is 11.2. The van der Waals surface area contributed by atoms with Crippen LogP contribution < -0.4 is 0 Å². The maximum Gasteiger partial charge on any atom is 0.303 e. The van der Waals surface area contributed by atoms with Crippen LogP contribution in [0.3, 0.4) is 0 Å². The molecule has 0 heterocycles. The van der Waals surface area contributed by atoms with Gasteiger partial charge in [-0.3, -0.25) is 4.79 Å². The zero-order valence-electron chi connectivity index (χ0n) is 7.91. The van der Waals surface area contributed by atoms with Crippen molar-refractivity contribution in [2.75, 3.05) is 6.61 Å². The zero-order chi connectivity index (χ0) is 9.94. The number of carbonyl (C=O) groups is 1. The van der Waals surface area contributed by atoms with Crippen LogP contribution in [0.15, 0.2) is 12.2 Å². The summed E-state index contributed by atoms with van der Waals surface area (Å²) in [5.41, 5.74) is 0. The molecule has 0 saturated carbocycles. The fourth-order valence-corrected chi connectivity index (χ4v) is 0.993. The molecule has 2 N–H and O–H groups in total. The van der Waals surface area contributed by atoms with Crippen molar-refractivity contribution in [3.8, 4) is 0 Å². The van der Waals surface area contributed by atoms with Crippen molar-refractivity contribution in [1.82, 2.24) is 0 Å². The highest BCUT2D eigenvalue weighted by molar-refractivity contribution is 5.66. The minimum atomic E-state index is -0.745. The van der Waals surface area contributed by atoms with Crippen LogP contribution in [0.25, 0.3) is 0 Å². The van der Waals surface area contributed by atoms with Crippen molar-refractivity contribution in [3.63, 3.8) is 0 Å². The van der Waals surface area contributed by atoms with Gasteiger partial charge in [0.05, 0.1) is 0 Å². The van der Waals surface area contributed by atoms with Crippen molar-refractivity contribution >= 4 is 5.97 Å². The van der Waals surface area contributed by atoms with Gasteiger partial charge in [-0.15, -0.1) is 0 Å². The number of carboxylic acid groups (broad SMARTS) is 1. The Kier molecular flexibility index (Phi) is 8.67. The van der Waals surface area contributed by atoms with E-state index in [0.717, 1.165) is 25.7 Å². The molecule has 0 aliphatic rings. The van der Waals surface area contributed by atoms with Gasteiger partial charge in [0, 0.05) is 13.0 Å². The average molecular weight is 186 g/mol. The molecule has 0 bridgehead atoms. The minimum absolute atomic E-state index is 0.215. The van der Waals surface area contributed by atoms with E-state index in [1.165, 1.54) is 0 Å². The molecule has 0 aromatic rings. The lowest BCUT2D eigenvalue weighted by molar-refractivity contribution is -0.136. The van der Waals surface area contributed by atoms with E-state index in [9.17, 15) is 4.79 Å². The molecule has 0 fully saturated rings. The fourth-order valence-electron chi connectivity index (χ4n) is 0.993. The normalized spacial score (nSPS) is 10.8. The van der Waals surface area contributed by atoms with Gasteiger partial charge in [0.15, 0.2) is 0 Å². The number of aliphatic carboxylic acids is 1. The van der Waals surface area contributed by atoms with Gasteiger partial charge >= 0.3 is 5.97 Å². The molecule has 0 spiro atoms. The van der Waals surface area contributed by atoms with Gasteiger partial charge in [-0.1, -0.05) is 18.6 Å². The van der Waals surface area contributed by atoms with Crippen molar-refractivity contribution < 1.29 is 15.0 Å². The summed E-state index contributed by atoms with van der Waals surface area (Å²) in [4.78, 5) is 10.1. The van der Waals surface area contributed by atoms with Crippen LogP contribution in [-0.2, 0) is 4.79 Å². The van der Waals surface area contributed by atoms with E-state index in [1.54, 1.807) is 0 Å². The fraction of sp³-hybridized carbons (Fsp3) is 0.700. The third-order valence-corrected chi connectivity index (χ3v) is 1.72. The zero-order valence-corrected chi connectivity index (χ0v) is 7.91. The maximum absolute atomic E-state index is 10.1. The molecule has 13 heavy (non-hydrogen) atoms. The largest absolute Gasteiger partial charge is 0.481 e. The van der Waals surface area contributed by atoms with E-state index in [-0.39, 0.29) is 13.0 Å². The summed E-state index contributed by atoms with van der Waals surface area (Å²) in [6.45, 7) is 0.267. The molecule has 0 rings (SSSR count). The number of carboxylic acids is 1. The summed E-state index contributed by atoms with van der Waals surface area (Å²) >= 11 is 0. The molecule has 0 aliphatic carbocycles. The highest BCUT2D eigenvalue weighted by Crippen LogP contribution is 2.01. The summed E-state index contributed by atoms with van der Waals surface area (Å²) in [7, 11) is 0. The lowest BCUT2D eigenvalue weighted by atomic mass is 10.2. The van der Waals surface area contributed by atoms with Gasteiger partial charge in [0.2, 0.25) is 0 Å². The summed E-state index contributed by atoms with van der Waals surface area (Å²) < 4.78 is 0. The summed E-state index contributed by atoms with van der Waals surface area (Å²) in [5, 5.41) is 16.8. The smallest absolute Gasteiger partial charge is 0.303 e. The maximum atomic E-state index is 10.1. The van der Waals surface area contributed by atoms with E-state index in [2.05, 4.69) is 0 Å². The number of aliphatic hydroxyl groups is 1. The Morgan fingerprint density at radius 2 is 1.77 bits per heavy atom. The average Bonchev–Trinajstić information content (AvgIpc) is 2.09. The molecule has 76 valence electrons. The number of hydrogen-bond donors (Lipinski definition) is 2. The van der Waals surface area contributed by atoms with E-state index < -0.39 is 5.97 Å². The van der Waals surface area contributed by atoms with Crippen LogP contribution in [0.2, 0.25) is 0 Å². The second kappa shape index (κ2) is 9.26. The number of allylic oxidation sites excluding steroid dienone is 2. The Hall–Kier alpha value is -0.830. The van der Waals surface area contributed by atoms with Crippen LogP contribution >= 0.6 is 0 Å². The SMILES string of the molecule is O=C(O)CC/C=C\CCCCCO. The van der Waals surface area contributed by atoms with Crippen molar-refractivity contribution in [3.05, 3.63) is 12.2 Å². The molecule has 0 radical (unpaired) electrons. The van der Waals surface area contributed by atoms with Crippen LogP contribution in [0.4, 0.5) is 0 Å². The molecule has 0 atom stereocenters. The number of rotatable bonds is 8. The quantitative estimate of drug-likeness (QED) is 0.450. The molecule has 3 nitrogen and oxygen atoms in total. The minimum Gasteiger partial charge on any atom is -0.481 e. The first-order chi connectivity index (χ1) is 6.27. The second-order valence-electron chi connectivity index (χ2n) is 2.98. The van der Waals surface area contributed by atoms with Gasteiger partial charge in [0.1, 0.15) is 0 Å². The van der Waals surface area contributed by atoms with E-state index >= 15 is 0 Å². The molecule has 0 amide bonds. The predicted molar refractivity (Wildman–Crippen MR) is 51.6 cm³/mol. The summed E-state index contributed by atoms with van der Waals surface area (Å²) in [6.07, 6.45) is 8.72. The van der Waals surface area contributed by atoms with Gasteiger partial charge < -0.3 is 10.2 Å². The van der Waals surface area contributed by atoms with Gasteiger partial charge in [0.25, 0.3) is 0 Å². The molecule has 0 aromatic heterocycles. The Balaban J connectivity index is 3.08. The molecular weight excluding hydrogens is 168 g/mol. The summed E-state index contributed by atoms with van der Waals surface area (Å²) in [6, 6.07) is 0. The number of unbranched alkanes of at least 4 members (excludes halogenated alkanes) is 3. The molecule has 3 heteroatoms. The van der Waals surface area contributed by atoms with E-state index in [0.29, 0.717) is 6.42 Å². The molecule has 0 unspecified atom stereocenters. The number of aliphatic hydroxyl groups excluding tert-OH is 1.